The van der Waals surface area contributed by atoms with Crippen LogP contribution in [0.4, 0.5) is 0 Å². The molecule has 0 unspecified atom stereocenters. The van der Waals surface area contributed by atoms with Crippen LogP contribution in [-0.2, 0) is 19.5 Å². The summed E-state index contributed by atoms with van der Waals surface area (Å²) in [7, 11) is 0. The smallest absolute Gasteiger partial charge is 0 e. The molecule has 0 atom stereocenters. The molecule has 8 radical (unpaired) electrons. The van der Waals surface area contributed by atoms with Crippen molar-refractivity contribution in [3.8, 4) is 0 Å². The Bertz CT molecular complexity index is 15.5. The van der Waals surface area contributed by atoms with Gasteiger partial charge in [-0.1, -0.05) is 0 Å². The Morgan fingerprint density at radius 3 is 1.17 bits per heavy atom. The first-order valence-corrected chi connectivity index (χ1v) is 0.561. The van der Waals surface area contributed by atoms with Crippen LogP contribution in [0, 0.1) is 35.6 Å². The fourth-order valence-electron chi connectivity index (χ4n) is 0. The molecule has 6 heavy (non-hydrogen) atoms. The normalized spacial score (nSPS) is 0.833. The van der Waals surface area contributed by atoms with Gasteiger partial charge < -0.3 is 0 Å². The molecule has 0 heterocycles. The molecule has 0 saturated heterocycles. The average Bonchev–Trinajstić information content (AvgIpc) is 1.00. The topological polar surface area (TPSA) is 17.1 Å². The Balaban J connectivity index is -0.000000000833. The quantitative estimate of drug-likeness (QED) is 0.468. The van der Waals surface area contributed by atoms with E-state index in [4.69, 9.17) is 3.87 Å². The third-order valence-electron chi connectivity index (χ3n) is 0. The van der Waals surface area contributed by atoms with E-state index < -0.39 is 0 Å². The van der Waals surface area contributed by atoms with Gasteiger partial charge in [0, 0.05) is 124 Å². The summed E-state index contributed by atoms with van der Waals surface area (Å²) in [5.41, 5.74) is 0. The first-order valence-electron chi connectivity index (χ1n) is 0.136. The summed E-state index contributed by atoms with van der Waals surface area (Å²) in [5.74, 6) is 0. The van der Waals surface area contributed by atoms with Gasteiger partial charge in [-0.2, -0.15) is 0 Å². The second-order valence-corrected chi connectivity index (χ2v) is 0. The van der Waals surface area contributed by atoms with Crippen LogP contribution in [0.15, 0.2) is 0 Å². The molecule has 6 heteroatoms. The molecule has 0 N–H and O–H groups in total. The van der Waals surface area contributed by atoms with Crippen molar-refractivity contribution in [1.82, 2.24) is 0 Å². The molecule has 0 aromatic heterocycles. The molecule has 0 fully saturated rings. The largest absolute Gasteiger partial charge is 0 e. The van der Waals surface area contributed by atoms with E-state index in [0.717, 1.165) is 0 Å². The molecule has 0 spiro atoms. The van der Waals surface area contributed by atoms with E-state index >= 15 is 0 Å². The van der Waals surface area contributed by atoms with Crippen molar-refractivity contribution < 1.29 is 55.1 Å². The fourth-order valence-corrected chi connectivity index (χ4v) is 0. The zero-order valence-corrected chi connectivity index (χ0v) is 15.3. The predicted molar refractivity (Wildman–Crippen MR) is 17.9 cm³/mol. The van der Waals surface area contributed by atoms with E-state index in [1.807, 2.05) is 0 Å². The van der Waals surface area contributed by atoms with E-state index in [1.165, 1.54) is 0 Å². The predicted octanol–water partition coefficient (Wildman–Crippen LogP) is -1.26. The SMILES string of the molecule is [Ga].[La].[Mg].[O]=[Co].[Sr]. The maximum atomic E-state index is 7.94. The summed E-state index contributed by atoms with van der Waals surface area (Å²) in [4.78, 5) is 0. The molecule has 0 aromatic rings. The van der Waals surface area contributed by atoms with Gasteiger partial charge in [0.15, 0.2) is 0 Å². The Labute approximate surface area is 139 Å². The minimum Gasteiger partial charge on any atom is 0 e. The van der Waals surface area contributed by atoms with Crippen LogP contribution in [0.1, 0.15) is 0 Å². The van der Waals surface area contributed by atoms with Crippen molar-refractivity contribution in [2.75, 3.05) is 0 Å². The van der Waals surface area contributed by atoms with E-state index in [-0.39, 0.29) is 124 Å². The van der Waals surface area contributed by atoms with Gasteiger partial charge in [-0.15, -0.1) is 0 Å². The monoisotopic (exact) mass is 395 g/mol. The third-order valence-corrected chi connectivity index (χ3v) is 0. The van der Waals surface area contributed by atoms with Crippen LogP contribution < -0.4 is 0 Å². The van der Waals surface area contributed by atoms with Crippen molar-refractivity contribution in [1.29, 1.82) is 0 Å². The van der Waals surface area contributed by atoms with Gasteiger partial charge in [0.25, 0.3) is 0 Å². The Hall–Kier alpha value is 4.38. The first-order chi connectivity index (χ1) is 1.00. The Morgan fingerprint density at radius 1 is 1.17 bits per heavy atom. The zero-order chi connectivity index (χ0) is 2.00. The van der Waals surface area contributed by atoms with Crippen molar-refractivity contribution in [2.24, 2.45) is 0 Å². The molecule has 0 rings (SSSR count). The van der Waals surface area contributed by atoms with E-state index in [9.17, 15) is 0 Å². The Morgan fingerprint density at radius 2 is 1.17 bits per heavy atom. The van der Waals surface area contributed by atoms with Crippen molar-refractivity contribution in [3.63, 3.8) is 0 Å². The molecular formula is CoGaLaMgOSr. The fraction of sp³-hybridized carbons (Fsp3) is 0. The van der Waals surface area contributed by atoms with E-state index in [1.54, 1.807) is 0 Å². The molecule has 1 nitrogen and oxygen atoms in total. The van der Waals surface area contributed by atoms with Crippen LogP contribution in [-0.4, -0.2) is 88.3 Å². The summed E-state index contributed by atoms with van der Waals surface area (Å²) < 4.78 is 7.94. The molecule has 25 valence electrons. The third kappa shape index (κ3) is 23.8. The van der Waals surface area contributed by atoms with Gasteiger partial charge in [-0.05, 0) is 0 Å². The minimum atomic E-state index is 0. The maximum Gasteiger partial charge on any atom is 0 e. The average molecular weight is 395 g/mol. The molecule has 0 saturated carbocycles. The Kier molecular flexibility index (Phi) is 180. The first kappa shape index (κ1) is 31.5. The van der Waals surface area contributed by atoms with Gasteiger partial charge in [0.05, 0.1) is 0 Å². The summed E-state index contributed by atoms with van der Waals surface area (Å²) in [6, 6.07) is 0. The number of hydrogen-bond acceptors (Lipinski definition) is 1. The number of hydrogen-bond donors (Lipinski definition) is 0. The van der Waals surface area contributed by atoms with Gasteiger partial charge in [0.1, 0.15) is 0 Å². The molecule has 0 aliphatic heterocycles. The van der Waals surface area contributed by atoms with Crippen LogP contribution in [0.25, 0.3) is 0 Å². The summed E-state index contributed by atoms with van der Waals surface area (Å²) in [6.07, 6.45) is 0. The van der Waals surface area contributed by atoms with E-state index in [0.29, 0.717) is 0 Å². The van der Waals surface area contributed by atoms with Gasteiger partial charge in [0.2, 0.25) is 0 Å². The van der Waals surface area contributed by atoms with Crippen LogP contribution in [0.5, 0.6) is 0 Å². The summed E-state index contributed by atoms with van der Waals surface area (Å²) in [5, 5.41) is 0. The van der Waals surface area contributed by atoms with Crippen molar-refractivity contribution >= 4 is 88.3 Å². The number of rotatable bonds is 0. The molecule has 0 bridgehead atoms. The molecule has 0 aliphatic carbocycles. The second-order valence-electron chi connectivity index (χ2n) is 0. The van der Waals surface area contributed by atoms with Crippen molar-refractivity contribution in [3.05, 3.63) is 0 Å². The molecular weight excluding hydrogens is 395 g/mol. The molecule has 0 amide bonds. The van der Waals surface area contributed by atoms with Gasteiger partial charge in [-0.3, -0.25) is 0 Å². The zero-order valence-electron chi connectivity index (χ0n) is 3.31. The van der Waals surface area contributed by atoms with Gasteiger partial charge in [-0.25, -0.2) is 0 Å². The standard InChI is InChI=1S/Co.Ga.La.Mg.O.Sr. The van der Waals surface area contributed by atoms with Gasteiger partial charge >= 0.3 is 19.5 Å². The molecule has 0 aliphatic rings. The maximum absolute atomic E-state index is 7.94. The summed E-state index contributed by atoms with van der Waals surface area (Å²) >= 11 is 2.31. The summed E-state index contributed by atoms with van der Waals surface area (Å²) in [6.45, 7) is 0. The van der Waals surface area contributed by atoms with Crippen LogP contribution >= 0.6 is 0 Å². The second kappa shape index (κ2) is 34.3. The van der Waals surface area contributed by atoms with Crippen LogP contribution in [0.2, 0.25) is 0 Å². The molecule has 0 aromatic carbocycles. The van der Waals surface area contributed by atoms with Crippen LogP contribution in [0.3, 0.4) is 0 Å². The van der Waals surface area contributed by atoms with Crippen molar-refractivity contribution in [2.45, 2.75) is 0 Å². The minimum absolute atomic E-state index is 0. The van der Waals surface area contributed by atoms with E-state index in [2.05, 4.69) is 15.7 Å².